The minimum atomic E-state index is -0.326. The monoisotopic (exact) mass is 282 g/mol. The summed E-state index contributed by atoms with van der Waals surface area (Å²) in [6, 6.07) is 13.7. The molecule has 0 unspecified atom stereocenters. The summed E-state index contributed by atoms with van der Waals surface area (Å²) in [7, 11) is 0. The van der Waals surface area contributed by atoms with Gasteiger partial charge in [0.25, 0.3) is 5.91 Å². The normalized spacial score (nSPS) is 10.7. The molecule has 1 aromatic heterocycles. The van der Waals surface area contributed by atoms with E-state index in [2.05, 4.69) is 14.9 Å². The van der Waals surface area contributed by atoms with Crippen LogP contribution in [-0.2, 0) is 0 Å². The average molecular weight is 282 g/mol. The van der Waals surface area contributed by atoms with Gasteiger partial charge in [0.1, 0.15) is 0 Å². The van der Waals surface area contributed by atoms with Crippen LogP contribution in [-0.4, -0.2) is 22.8 Å². The third-order valence-electron chi connectivity index (χ3n) is 3.34. The molecule has 0 aliphatic carbocycles. The first-order chi connectivity index (χ1) is 10.2. The first-order valence-electron chi connectivity index (χ1n) is 6.60. The Hall–Kier alpha value is -2.89. The van der Waals surface area contributed by atoms with Crippen molar-refractivity contribution < 1.29 is 9.42 Å². The quantitative estimate of drug-likeness (QED) is 0.797. The van der Waals surface area contributed by atoms with Gasteiger partial charge in [-0.15, -0.1) is 0 Å². The van der Waals surface area contributed by atoms with Gasteiger partial charge in [-0.3, -0.25) is 4.79 Å². The van der Waals surface area contributed by atoms with Crippen molar-refractivity contribution in [1.82, 2.24) is 10.3 Å². The molecule has 106 valence electrons. The maximum absolute atomic E-state index is 12.6. The van der Waals surface area contributed by atoms with E-state index in [4.69, 9.17) is 5.73 Å². The van der Waals surface area contributed by atoms with Crippen LogP contribution in [0.1, 0.15) is 17.4 Å². The standard InChI is InChI=1S/C15H14N4O2/c1-2-19(15(20)13-14(16)18-21-17-13)12-9-5-7-10-6-3-4-8-11(10)12/h3-9H,2H2,1H3,(H2,16,18). The number of hydrogen-bond acceptors (Lipinski definition) is 5. The first-order valence-corrected chi connectivity index (χ1v) is 6.60. The van der Waals surface area contributed by atoms with Crippen LogP contribution in [0.3, 0.4) is 0 Å². The largest absolute Gasteiger partial charge is 0.379 e. The predicted octanol–water partition coefficient (Wildman–Crippen LogP) is 2.47. The first kappa shape index (κ1) is 13.1. The molecular weight excluding hydrogens is 268 g/mol. The number of benzene rings is 2. The molecule has 0 bridgehead atoms. The van der Waals surface area contributed by atoms with Crippen LogP contribution in [0.25, 0.3) is 10.8 Å². The number of rotatable bonds is 3. The molecule has 0 atom stereocenters. The second kappa shape index (κ2) is 5.24. The molecule has 0 saturated carbocycles. The third-order valence-corrected chi connectivity index (χ3v) is 3.34. The second-order valence-corrected chi connectivity index (χ2v) is 4.55. The van der Waals surface area contributed by atoms with E-state index in [1.165, 1.54) is 0 Å². The highest BCUT2D eigenvalue weighted by atomic mass is 16.6. The van der Waals surface area contributed by atoms with E-state index >= 15 is 0 Å². The Bertz CT molecular complexity index is 792. The highest BCUT2D eigenvalue weighted by molar-refractivity contribution is 6.11. The zero-order valence-corrected chi connectivity index (χ0v) is 11.5. The van der Waals surface area contributed by atoms with Crippen LogP contribution < -0.4 is 10.6 Å². The van der Waals surface area contributed by atoms with E-state index < -0.39 is 0 Å². The summed E-state index contributed by atoms with van der Waals surface area (Å²) in [5, 5.41) is 9.10. The molecule has 1 amide bonds. The molecule has 0 saturated heterocycles. The molecule has 3 aromatic rings. The lowest BCUT2D eigenvalue weighted by molar-refractivity contribution is 0.0979. The van der Waals surface area contributed by atoms with Crippen molar-refractivity contribution in [2.24, 2.45) is 0 Å². The van der Waals surface area contributed by atoms with Crippen LogP contribution >= 0.6 is 0 Å². The van der Waals surface area contributed by atoms with Gasteiger partial charge in [0.05, 0.1) is 5.69 Å². The predicted molar refractivity (Wildman–Crippen MR) is 80.0 cm³/mol. The van der Waals surface area contributed by atoms with E-state index in [-0.39, 0.29) is 17.4 Å². The lowest BCUT2D eigenvalue weighted by Gasteiger charge is -2.21. The highest BCUT2D eigenvalue weighted by Gasteiger charge is 2.24. The fraction of sp³-hybridized carbons (Fsp3) is 0.133. The molecule has 1 heterocycles. The summed E-state index contributed by atoms with van der Waals surface area (Å²) >= 11 is 0. The van der Waals surface area contributed by atoms with Crippen molar-refractivity contribution in [2.45, 2.75) is 6.92 Å². The smallest absolute Gasteiger partial charge is 0.284 e. The van der Waals surface area contributed by atoms with Gasteiger partial charge >= 0.3 is 0 Å². The minimum absolute atomic E-state index is 0.00122. The molecule has 0 aliphatic rings. The summed E-state index contributed by atoms with van der Waals surface area (Å²) in [6.07, 6.45) is 0. The number of hydrogen-bond donors (Lipinski definition) is 1. The van der Waals surface area contributed by atoms with Crippen molar-refractivity contribution in [2.75, 3.05) is 17.2 Å². The van der Waals surface area contributed by atoms with Crippen molar-refractivity contribution in [1.29, 1.82) is 0 Å². The fourth-order valence-electron chi connectivity index (χ4n) is 2.34. The number of carbonyl (C=O) groups is 1. The molecule has 2 aromatic carbocycles. The lowest BCUT2D eigenvalue weighted by Crippen LogP contribution is -2.31. The Morgan fingerprint density at radius 1 is 1.19 bits per heavy atom. The number of nitrogen functional groups attached to an aromatic ring is 1. The summed E-state index contributed by atoms with van der Waals surface area (Å²) in [6.45, 7) is 2.38. The van der Waals surface area contributed by atoms with Gasteiger partial charge in [-0.1, -0.05) is 36.4 Å². The Labute approximate surface area is 121 Å². The van der Waals surface area contributed by atoms with Gasteiger partial charge in [0, 0.05) is 11.9 Å². The van der Waals surface area contributed by atoms with Crippen LogP contribution in [0.2, 0.25) is 0 Å². The summed E-state index contributed by atoms with van der Waals surface area (Å²) in [5.74, 6) is -0.328. The molecule has 0 fully saturated rings. The van der Waals surface area contributed by atoms with Crippen LogP contribution in [0.15, 0.2) is 47.1 Å². The maximum atomic E-state index is 12.6. The van der Waals surface area contributed by atoms with Gasteiger partial charge < -0.3 is 10.6 Å². The molecule has 6 nitrogen and oxygen atoms in total. The van der Waals surface area contributed by atoms with Crippen molar-refractivity contribution in [3.05, 3.63) is 48.2 Å². The highest BCUT2D eigenvalue weighted by Crippen LogP contribution is 2.28. The molecule has 2 N–H and O–H groups in total. The zero-order valence-electron chi connectivity index (χ0n) is 11.5. The second-order valence-electron chi connectivity index (χ2n) is 4.55. The van der Waals surface area contributed by atoms with Crippen molar-refractivity contribution in [3.8, 4) is 0 Å². The van der Waals surface area contributed by atoms with Gasteiger partial charge in [0.2, 0.25) is 11.5 Å². The number of anilines is 2. The van der Waals surface area contributed by atoms with Crippen LogP contribution in [0.4, 0.5) is 11.5 Å². The lowest BCUT2D eigenvalue weighted by atomic mass is 10.1. The minimum Gasteiger partial charge on any atom is -0.379 e. The number of nitrogens with two attached hydrogens (primary N) is 1. The molecule has 0 spiro atoms. The topological polar surface area (TPSA) is 85.2 Å². The molecule has 0 radical (unpaired) electrons. The number of aromatic nitrogens is 2. The third kappa shape index (κ3) is 2.20. The Morgan fingerprint density at radius 3 is 2.67 bits per heavy atom. The zero-order chi connectivity index (χ0) is 14.8. The Kier molecular flexibility index (Phi) is 3.27. The number of carbonyl (C=O) groups excluding carboxylic acids is 1. The van der Waals surface area contributed by atoms with E-state index in [0.717, 1.165) is 16.5 Å². The van der Waals surface area contributed by atoms with Crippen LogP contribution in [0.5, 0.6) is 0 Å². The number of fused-ring (bicyclic) bond motifs is 1. The van der Waals surface area contributed by atoms with Crippen molar-refractivity contribution >= 4 is 28.2 Å². The number of nitrogens with zero attached hydrogens (tertiary/aromatic N) is 3. The average Bonchev–Trinajstić information content (AvgIpc) is 2.94. The molecule has 0 aliphatic heterocycles. The van der Waals surface area contributed by atoms with Crippen LogP contribution in [0, 0.1) is 0 Å². The van der Waals surface area contributed by atoms with E-state index in [1.807, 2.05) is 49.4 Å². The van der Waals surface area contributed by atoms with Gasteiger partial charge in [-0.25, -0.2) is 4.63 Å². The molecule has 3 rings (SSSR count). The Balaban J connectivity index is 2.11. The van der Waals surface area contributed by atoms with Gasteiger partial charge in [-0.05, 0) is 28.7 Å². The molecular formula is C15H14N4O2. The van der Waals surface area contributed by atoms with Crippen molar-refractivity contribution in [3.63, 3.8) is 0 Å². The van der Waals surface area contributed by atoms with E-state index in [0.29, 0.717) is 6.54 Å². The fourth-order valence-corrected chi connectivity index (χ4v) is 2.34. The van der Waals surface area contributed by atoms with Gasteiger partial charge in [-0.2, -0.15) is 0 Å². The maximum Gasteiger partial charge on any atom is 0.284 e. The van der Waals surface area contributed by atoms with E-state index in [1.54, 1.807) is 4.90 Å². The summed E-state index contributed by atoms with van der Waals surface area (Å²) in [5.41, 5.74) is 6.45. The number of amides is 1. The van der Waals surface area contributed by atoms with Gasteiger partial charge in [0.15, 0.2) is 0 Å². The molecule has 6 heteroatoms. The summed E-state index contributed by atoms with van der Waals surface area (Å²) < 4.78 is 4.51. The Morgan fingerprint density at radius 2 is 1.95 bits per heavy atom. The van der Waals surface area contributed by atoms with E-state index in [9.17, 15) is 4.79 Å². The molecule has 21 heavy (non-hydrogen) atoms. The SMILES string of the molecule is CCN(C(=O)c1nonc1N)c1cccc2ccccc12. The summed E-state index contributed by atoms with van der Waals surface area (Å²) in [4.78, 5) is 14.2.